The molecule has 1 aromatic rings. The first-order chi connectivity index (χ1) is 6.91. The van der Waals surface area contributed by atoms with Crippen molar-refractivity contribution in [2.75, 3.05) is 0 Å². The molecular formula is C11H17N3O. The number of pyridine rings is 1. The molecule has 4 heteroatoms. The quantitative estimate of drug-likeness (QED) is 0.776. The van der Waals surface area contributed by atoms with Crippen molar-refractivity contribution in [2.24, 2.45) is 5.73 Å². The van der Waals surface area contributed by atoms with E-state index in [0.29, 0.717) is 0 Å². The zero-order valence-electron chi connectivity index (χ0n) is 9.32. The van der Waals surface area contributed by atoms with E-state index in [9.17, 15) is 4.79 Å². The Morgan fingerprint density at radius 2 is 2.20 bits per heavy atom. The van der Waals surface area contributed by atoms with Gasteiger partial charge in [-0.1, -0.05) is 6.07 Å². The van der Waals surface area contributed by atoms with E-state index in [2.05, 4.69) is 10.3 Å². The molecule has 0 saturated carbocycles. The molecule has 0 aliphatic rings. The highest BCUT2D eigenvalue weighted by Crippen LogP contribution is 2.09. The van der Waals surface area contributed by atoms with Crippen LogP contribution in [0.3, 0.4) is 0 Å². The summed E-state index contributed by atoms with van der Waals surface area (Å²) >= 11 is 0. The molecule has 1 atom stereocenters. The van der Waals surface area contributed by atoms with Crippen LogP contribution in [0.1, 0.15) is 32.5 Å². The van der Waals surface area contributed by atoms with E-state index in [0.717, 1.165) is 5.69 Å². The lowest BCUT2D eigenvalue weighted by Crippen LogP contribution is -2.49. The zero-order chi connectivity index (χ0) is 11.5. The topological polar surface area (TPSA) is 68.0 Å². The molecule has 1 rings (SSSR count). The fourth-order valence-corrected chi connectivity index (χ4v) is 1.09. The van der Waals surface area contributed by atoms with E-state index in [1.165, 1.54) is 0 Å². The Morgan fingerprint density at radius 3 is 2.67 bits per heavy atom. The van der Waals surface area contributed by atoms with Crippen molar-refractivity contribution in [2.45, 2.75) is 32.4 Å². The summed E-state index contributed by atoms with van der Waals surface area (Å²) in [7, 11) is 0. The Morgan fingerprint density at radius 1 is 1.53 bits per heavy atom. The summed E-state index contributed by atoms with van der Waals surface area (Å²) in [5, 5.41) is 2.81. The van der Waals surface area contributed by atoms with Crippen molar-refractivity contribution in [3.05, 3.63) is 30.1 Å². The molecule has 0 unspecified atom stereocenters. The van der Waals surface area contributed by atoms with Gasteiger partial charge in [-0.15, -0.1) is 0 Å². The van der Waals surface area contributed by atoms with Gasteiger partial charge in [-0.25, -0.2) is 0 Å². The van der Waals surface area contributed by atoms with Crippen molar-refractivity contribution in [3.8, 4) is 0 Å². The first-order valence-electron chi connectivity index (χ1n) is 4.92. The van der Waals surface area contributed by atoms with E-state index < -0.39 is 5.54 Å². The minimum Gasteiger partial charge on any atom is -0.346 e. The maximum Gasteiger partial charge on any atom is 0.240 e. The molecule has 82 valence electrons. The highest BCUT2D eigenvalue weighted by atomic mass is 16.2. The molecule has 0 aromatic carbocycles. The Balaban J connectivity index is 2.65. The van der Waals surface area contributed by atoms with Crippen molar-refractivity contribution in [1.29, 1.82) is 0 Å². The number of hydrogen-bond donors (Lipinski definition) is 2. The Hall–Kier alpha value is -1.42. The molecule has 15 heavy (non-hydrogen) atoms. The van der Waals surface area contributed by atoms with E-state index in [-0.39, 0.29) is 11.9 Å². The van der Waals surface area contributed by atoms with Crippen LogP contribution in [0.25, 0.3) is 0 Å². The minimum absolute atomic E-state index is 0.124. The van der Waals surface area contributed by atoms with E-state index in [1.807, 2.05) is 25.1 Å². The summed E-state index contributed by atoms with van der Waals surface area (Å²) in [5.74, 6) is -0.180. The molecule has 0 aliphatic carbocycles. The Kier molecular flexibility index (Phi) is 3.42. The number of hydrogen-bond acceptors (Lipinski definition) is 3. The number of carbonyl (C=O) groups excluding carboxylic acids is 1. The summed E-state index contributed by atoms with van der Waals surface area (Å²) in [5.41, 5.74) is 5.64. The van der Waals surface area contributed by atoms with Gasteiger partial charge in [0, 0.05) is 6.20 Å². The van der Waals surface area contributed by atoms with E-state index in [4.69, 9.17) is 5.73 Å². The van der Waals surface area contributed by atoms with Crippen LogP contribution in [-0.4, -0.2) is 16.4 Å². The van der Waals surface area contributed by atoms with Gasteiger partial charge in [-0.2, -0.15) is 0 Å². The summed E-state index contributed by atoms with van der Waals surface area (Å²) in [6, 6.07) is 5.47. The predicted molar refractivity (Wildman–Crippen MR) is 59.1 cm³/mol. The maximum absolute atomic E-state index is 11.6. The third-order valence-corrected chi connectivity index (χ3v) is 2.06. The van der Waals surface area contributed by atoms with Crippen LogP contribution in [-0.2, 0) is 4.79 Å². The number of nitrogens with two attached hydrogens (primary N) is 1. The van der Waals surface area contributed by atoms with Gasteiger partial charge in [0.15, 0.2) is 0 Å². The van der Waals surface area contributed by atoms with Crippen molar-refractivity contribution in [3.63, 3.8) is 0 Å². The van der Waals surface area contributed by atoms with Gasteiger partial charge in [0.2, 0.25) is 5.91 Å². The smallest absolute Gasteiger partial charge is 0.240 e. The van der Waals surface area contributed by atoms with Crippen molar-refractivity contribution >= 4 is 5.91 Å². The minimum atomic E-state index is -0.858. The third-order valence-electron chi connectivity index (χ3n) is 2.06. The highest BCUT2D eigenvalue weighted by molar-refractivity contribution is 5.85. The fourth-order valence-electron chi connectivity index (χ4n) is 1.09. The third kappa shape index (κ3) is 3.32. The normalized spacial score (nSPS) is 13.3. The standard InChI is InChI=1S/C11H17N3O/c1-8(9-6-4-5-7-13-9)14-10(15)11(2,3)12/h4-8H,12H2,1-3H3,(H,14,15)/t8-/m1/s1. The van der Waals surface area contributed by atoms with Gasteiger partial charge in [0.05, 0.1) is 17.3 Å². The van der Waals surface area contributed by atoms with Crippen LogP contribution in [0.4, 0.5) is 0 Å². The Bertz CT molecular complexity index is 329. The average molecular weight is 207 g/mol. The van der Waals surface area contributed by atoms with Gasteiger partial charge in [-0.3, -0.25) is 9.78 Å². The fraction of sp³-hybridized carbons (Fsp3) is 0.455. The van der Waals surface area contributed by atoms with Crippen molar-refractivity contribution in [1.82, 2.24) is 10.3 Å². The molecule has 1 heterocycles. The second-order valence-electron chi connectivity index (χ2n) is 4.17. The van der Waals surface area contributed by atoms with Crippen LogP contribution in [0.5, 0.6) is 0 Å². The average Bonchev–Trinajstić information content (AvgIpc) is 2.17. The van der Waals surface area contributed by atoms with Crippen LogP contribution in [0.2, 0.25) is 0 Å². The Labute approximate surface area is 89.9 Å². The van der Waals surface area contributed by atoms with Crippen LogP contribution < -0.4 is 11.1 Å². The molecule has 0 fully saturated rings. The maximum atomic E-state index is 11.6. The lowest BCUT2D eigenvalue weighted by atomic mass is 10.1. The van der Waals surface area contributed by atoms with Gasteiger partial charge >= 0.3 is 0 Å². The number of nitrogens with zero attached hydrogens (tertiary/aromatic N) is 1. The summed E-state index contributed by atoms with van der Waals surface area (Å²) in [6.07, 6.45) is 1.70. The zero-order valence-corrected chi connectivity index (χ0v) is 9.32. The van der Waals surface area contributed by atoms with Gasteiger partial charge in [0.25, 0.3) is 0 Å². The molecule has 0 saturated heterocycles. The molecule has 0 spiro atoms. The number of rotatable bonds is 3. The number of aromatic nitrogens is 1. The molecule has 3 N–H and O–H groups in total. The molecule has 0 aliphatic heterocycles. The monoisotopic (exact) mass is 207 g/mol. The first kappa shape index (κ1) is 11.7. The van der Waals surface area contributed by atoms with E-state index >= 15 is 0 Å². The molecule has 4 nitrogen and oxygen atoms in total. The van der Waals surface area contributed by atoms with Crippen LogP contribution in [0, 0.1) is 0 Å². The molecule has 0 bridgehead atoms. The van der Waals surface area contributed by atoms with Crippen LogP contribution in [0.15, 0.2) is 24.4 Å². The summed E-state index contributed by atoms with van der Waals surface area (Å²) < 4.78 is 0. The summed E-state index contributed by atoms with van der Waals surface area (Å²) in [4.78, 5) is 15.7. The molecular weight excluding hydrogens is 190 g/mol. The lowest BCUT2D eigenvalue weighted by Gasteiger charge is -2.21. The van der Waals surface area contributed by atoms with Gasteiger partial charge in [-0.05, 0) is 32.9 Å². The van der Waals surface area contributed by atoms with Crippen molar-refractivity contribution < 1.29 is 4.79 Å². The van der Waals surface area contributed by atoms with E-state index in [1.54, 1.807) is 20.0 Å². The van der Waals surface area contributed by atoms with Gasteiger partial charge < -0.3 is 11.1 Å². The molecule has 1 amide bonds. The largest absolute Gasteiger partial charge is 0.346 e. The van der Waals surface area contributed by atoms with Gasteiger partial charge in [0.1, 0.15) is 0 Å². The molecule has 0 radical (unpaired) electrons. The second kappa shape index (κ2) is 4.40. The van der Waals surface area contributed by atoms with Crippen LogP contribution >= 0.6 is 0 Å². The second-order valence-corrected chi connectivity index (χ2v) is 4.17. The number of nitrogens with one attached hydrogen (secondary N) is 1. The lowest BCUT2D eigenvalue weighted by molar-refractivity contribution is -0.125. The summed E-state index contributed by atoms with van der Waals surface area (Å²) in [6.45, 7) is 5.23. The first-order valence-corrected chi connectivity index (χ1v) is 4.92. The number of carbonyl (C=O) groups is 1. The SMILES string of the molecule is C[C@@H](NC(=O)C(C)(C)N)c1ccccn1. The molecule has 1 aromatic heterocycles. The number of amides is 1. The highest BCUT2D eigenvalue weighted by Gasteiger charge is 2.23. The predicted octanol–water partition coefficient (Wildman–Crippen LogP) is 0.996.